The van der Waals surface area contributed by atoms with Crippen molar-refractivity contribution < 1.29 is 4.79 Å². The lowest BCUT2D eigenvalue weighted by Gasteiger charge is -2.15. The zero-order valence-corrected chi connectivity index (χ0v) is 13.1. The fourth-order valence-electron chi connectivity index (χ4n) is 2.11. The second kappa shape index (κ2) is 7.29. The van der Waals surface area contributed by atoms with Gasteiger partial charge < -0.3 is 11.1 Å². The number of carbonyl (C=O) groups excluding carboxylic acids is 1. The maximum Gasteiger partial charge on any atom is 0.221 e. The Morgan fingerprint density at radius 1 is 1.24 bits per heavy atom. The first-order valence-electron chi connectivity index (χ1n) is 6.89. The monoisotopic (exact) mass is 300 g/mol. The van der Waals surface area contributed by atoms with Crippen LogP contribution in [0.1, 0.15) is 23.3 Å². The van der Waals surface area contributed by atoms with E-state index in [2.05, 4.69) is 36.5 Å². The maximum absolute atomic E-state index is 11.0. The van der Waals surface area contributed by atoms with Gasteiger partial charge >= 0.3 is 0 Å². The molecule has 0 saturated heterocycles. The van der Waals surface area contributed by atoms with Crippen molar-refractivity contribution in [2.24, 2.45) is 5.73 Å². The Morgan fingerprint density at radius 2 is 1.95 bits per heavy atom. The molecule has 0 radical (unpaired) electrons. The van der Waals surface area contributed by atoms with Crippen molar-refractivity contribution in [1.29, 1.82) is 0 Å². The van der Waals surface area contributed by atoms with Crippen LogP contribution in [0.4, 0.5) is 5.69 Å². The molecule has 2 rings (SSSR count). The minimum atomic E-state index is -0.0602. The summed E-state index contributed by atoms with van der Waals surface area (Å²) in [6.45, 7) is 4.18. The van der Waals surface area contributed by atoms with Crippen LogP contribution in [0, 0.1) is 6.92 Å². The summed E-state index contributed by atoms with van der Waals surface area (Å²) in [5.74, 6) is -0.0602. The van der Waals surface area contributed by atoms with Crippen LogP contribution in [-0.2, 0) is 4.79 Å². The number of nitrogens with one attached hydrogen (secondary N) is 1. The molecule has 0 aliphatic heterocycles. The summed E-state index contributed by atoms with van der Waals surface area (Å²) < 4.78 is 0. The molecule has 21 heavy (non-hydrogen) atoms. The molecule has 3 N–H and O–H groups in total. The molecule has 0 saturated carbocycles. The molecular weight excluding hydrogens is 280 g/mol. The van der Waals surface area contributed by atoms with Gasteiger partial charge in [0.25, 0.3) is 0 Å². The zero-order valence-electron chi connectivity index (χ0n) is 12.3. The van der Waals surface area contributed by atoms with E-state index in [1.54, 1.807) is 11.8 Å². The van der Waals surface area contributed by atoms with E-state index in [1.807, 2.05) is 24.3 Å². The van der Waals surface area contributed by atoms with E-state index in [-0.39, 0.29) is 11.2 Å². The van der Waals surface area contributed by atoms with Crippen molar-refractivity contribution in [3.63, 3.8) is 0 Å². The highest BCUT2D eigenvalue weighted by molar-refractivity contribution is 7.99. The molecule has 1 unspecified atom stereocenters. The average molecular weight is 300 g/mol. The van der Waals surface area contributed by atoms with E-state index in [4.69, 9.17) is 5.73 Å². The van der Waals surface area contributed by atoms with E-state index in [0.717, 1.165) is 10.6 Å². The van der Waals surface area contributed by atoms with E-state index < -0.39 is 0 Å². The van der Waals surface area contributed by atoms with Crippen molar-refractivity contribution in [3.05, 3.63) is 59.7 Å². The first kappa shape index (κ1) is 15.6. The minimum Gasteiger partial charge on any atom is -0.329 e. The summed E-state index contributed by atoms with van der Waals surface area (Å²) in [6.07, 6.45) is 0. The Kier molecular flexibility index (Phi) is 5.42. The van der Waals surface area contributed by atoms with Gasteiger partial charge in [-0.3, -0.25) is 4.79 Å². The maximum atomic E-state index is 11.0. The Morgan fingerprint density at radius 3 is 2.52 bits per heavy atom. The third-order valence-electron chi connectivity index (χ3n) is 3.08. The predicted octanol–water partition coefficient (Wildman–Crippen LogP) is 3.75. The zero-order chi connectivity index (χ0) is 15.2. The molecule has 3 nitrogen and oxygen atoms in total. The number of hydrogen-bond acceptors (Lipinski definition) is 3. The van der Waals surface area contributed by atoms with Crippen molar-refractivity contribution in [2.75, 3.05) is 11.9 Å². The van der Waals surface area contributed by atoms with Crippen molar-refractivity contribution in [3.8, 4) is 0 Å². The van der Waals surface area contributed by atoms with Crippen LogP contribution in [0.5, 0.6) is 0 Å². The van der Waals surface area contributed by atoms with Crippen LogP contribution in [0.2, 0.25) is 0 Å². The van der Waals surface area contributed by atoms with E-state index in [9.17, 15) is 4.79 Å². The number of nitrogens with two attached hydrogens (primary N) is 1. The molecule has 4 heteroatoms. The Bertz CT molecular complexity index is 610. The van der Waals surface area contributed by atoms with Gasteiger partial charge in [0.05, 0.1) is 0 Å². The number of rotatable bonds is 5. The highest BCUT2D eigenvalue weighted by Gasteiger charge is 2.11. The molecule has 0 spiro atoms. The van der Waals surface area contributed by atoms with Gasteiger partial charge in [-0.2, -0.15) is 0 Å². The SMILES string of the molecule is CC(=O)Nc1ccc(SC(CN)c2cccc(C)c2)cc1. The van der Waals surface area contributed by atoms with Crippen molar-refractivity contribution >= 4 is 23.4 Å². The summed E-state index contributed by atoms with van der Waals surface area (Å²) >= 11 is 1.74. The first-order valence-corrected chi connectivity index (χ1v) is 7.77. The molecular formula is C17H20N2OS. The molecule has 0 heterocycles. The highest BCUT2D eigenvalue weighted by atomic mass is 32.2. The molecule has 2 aromatic rings. The lowest BCUT2D eigenvalue weighted by molar-refractivity contribution is -0.114. The summed E-state index contributed by atoms with van der Waals surface area (Å²) in [7, 11) is 0. The normalized spacial score (nSPS) is 12.0. The Hall–Kier alpha value is -1.78. The molecule has 110 valence electrons. The molecule has 0 fully saturated rings. The minimum absolute atomic E-state index is 0.0602. The standard InChI is InChI=1S/C17H20N2OS/c1-12-4-3-5-14(10-12)17(11-18)21-16-8-6-15(7-9-16)19-13(2)20/h3-10,17H,11,18H2,1-2H3,(H,19,20). The topological polar surface area (TPSA) is 55.1 Å². The quantitative estimate of drug-likeness (QED) is 0.827. The molecule has 1 atom stereocenters. The third-order valence-corrected chi connectivity index (χ3v) is 4.37. The number of thioether (sulfide) groups is 1. The van der Waals surface area contributed by atoms with Crippen LogP contribution in [-0.4, -0.2) is 12.5 Å². The number of anilines is 1. The Balaban J connectivity index is 2.10. The number of benzene rings is 2. The molecule has 2 aromatic carbocycles. The van der Waals surface area contributed by atoms with Gasteiger partial charge in [0.15, 0.2) is 0 Å². The lowest BCUT2D eigenvalue weighted by atomic mass is 10.1. The molecule has 0 aliphatic carbocycles. The van der Waals surface area contributed by atoms with E-state index in [0.29, 0.717) is 6.54 Å². The van der Waals surface area contributed by atoms with Gasteiger partial charge in [-0.15, -0.1) is 11.8 Å². The van der Waals surface area contributed by atoms with E-state index >= 15 is 0 Å². The number of hydrogen-bond donors (Lipinski definition) is 2. The highest BCUT2D eigenvalue weighted by Crippen LogP contribution is 2.35. The van der Waals surface area contributed by atoms with Gasteiger partial charge in [-0.25, -0.2) is 0 Å². The molecule has 0 aliphatic rings. The van der Waals surface area contributed by atoms with Crippen LogP contribution in [0.3, 0.4) is 0 Å². The van der Waals surface area contributed by atoms with Crippen LogP contribution in [0.25, 0.3) is 0 Å². The van der Waals surface area contributed by atoms with Gasteiger partial charge in [0.2, 0.25) is 5.91 Å². The predicted molar refractivity (Wildman–Crippen MR) is 89.6 cm³/mol. The summed E-state index contributed by atoms with van der Waals surface area (Å²) in [5, 5.41) is 3.00. The largest absolute Gasteiger partial charge is 0.329 e. The second-order valence-electron chi connectivity index (χ2n) is 4.96. The van der Waals surface area contributed by atoms with Gasteiger partial charge in [-0.05, 0) is 36.8 Å². The average Bonchev–Trinajstić information content (AvgIpc) is 2.46. The lowest BCUT2D eigenvalue weighted by Crippen LogP contribution is -2.09. The fourth-order valence-corrected chi connectivity index (χ4v) is 3.11. The number of amides is 1. The molecule has 0 aromatic heterocycles. The van der Waals surface area contributed by atoms with Crippen LogP contribution >= 0.6 is 11.8 Å². The van der Waals surface area contributed by atoms with Gasteiger partial charge in [0, 0.05) is 29.3 Å². The van der Waals surface area contributed by atoms with Crippen LogP contribution < -0.4 is 11.1 Å². The van der Waals surface area contributed by atoms with E-state index in [1.165, 1.54) is 18.1 Å². The smallest absolute Gasteiger partial charge is 0.221 e. The summed E-state index contributed by atoms with van der Waals surface area (Å²) in [4.78, 5) is 12.1. The van der Waals surface area contributed by atoms with Crippen LogP contribution in [0.15, 0.2) is 53.4 Å². The fraction of sp³-hybridized carbons (Fsp3) is 0.235. The summed E-state index contributed by atoms with van der Waals surface area (Å²) in [6, 6.07) is 16.3. The Labute approximate surface area is 129 Å². The third kappa shape index (κ3) is 4.62. The summed E-state index contributed by atoms with van der Waals surface area (Å²) in [5.41, 5.74) is 9.22. The second-order valence-corrected chi connectivity index (χ2v) is 6.24. The van der Waals surface area contributed by atoms with Crippen molar-refractivity contribution in [2.45, 2.75) is 24.0 Å². The first-order chi connectivity index (χ1) is 10.1. The molecule has 1 amide bonds. The number of aryl methyl sites for hydroxylation is 1. The van der Waals surface area contributed by atoms with Gasteiger partial charge in [0.1, 0.15) is 0 Å². The number of carbonyl (C=O) groups is 1. The van der Waals surface area contributed by atoms with Crippen molar-refractivity contribution in [1.82, 2.24) is 0 Å². The molecule has 0 bridgehead atoms. The van der Waals surface area contributed by atoms with Gasteiger partial charge in [-0.1, -0.05) is 29.8 Å².